The summed E-state index contributed by atoms with van der Waals surface area (Å²) in [6, 6.07) is 13.8. The Labute approximate surface area is 138 Å². The van der Waals surface area contributed by atoms with Gasteiger partial charge in [-0.2, -0.15) is 0 Å². The number of hydrogen-bond donors (Lipinski definition) is 1. The zero-order valence-electron chi connectivity index (χ0n) is 12.7. The van der Waals surface area contributed by atoms with Crippen molar-refractivity contribution >= 4 is 23.1 Å². The van der Waals surface area contributed by atoms with Crippen LogP contribution in [0.5, 0.6) is 0 Å². The number of aromatic nitrogens is 5. The molecule has 0 aliphatic rings. The van der Waals surface area contributed by atoms with E-state index in [9.17, 15) is 0 Å². The van der Waals surface area contributed by atoms with Crippen LogP contribution in [0.4, 0.5) is 5.82 Å². The summed E-state index contributed by atoms with van der Waals surface area (Å²) in [5.41, 5.74) is 2.68. The van der Waals surface area contributed by atoms with Crippen LogP contribution < -0.4 is 5.32 Å². The summed E-state index contributed by atoms with van der Waals surface area (Å²) in [6.45, 7) is 0. The van der Waals surface area contributed by atoms with E-state index >= 15 is 0 Å². The first-order chi connectivity index (χ1) is 11.9. The van der Waals surface area contributed by atoms with Crippen molar-refractivity contribution in [2.24, 2.45) is 0 Å². The zero-order chi connectivity index (χ0) is 16.2. The average molecular weight is 314 g/mol. The van der Waals surface area contributed by atoms with Crippen LogP contribution >= 0.6 is 0 Å². The second kappa shape index (κ2) is 6.29. The second-order valence-corrected chi connectivity index (χ2v) is 5.11. The van der Waals surface area contributed by atoms with Gasteiger partial charge in [-0.25, -0.2) is 15.0 Å². The molecule has 0 saturated heterocycles. The van der Waals surface area contributed by atoms with Gasteiger partial charge in [0.25, 0.3) is 0 Å². The number of nitrogens with one attached hydrogen (secondary N) is 1. The molecule has 1 aromatic carbocycles. The first-order valence-electron chi connectivity index (χ1n) is 7.49. The van der Waals surface area contributed by atoms with E-state index < -0.39 is 0 Å². The van der Waals surface area contributed by atoms with Crippen LogP contribution in [0.1, 0.15) is 5.56 Å². The topological polar surface area (TPSA) is 68.5 Å². The van der Waals surface area contributed by atoms with E-state index in [4.69, 9.17) is 0 Å². The van der Waals surface area contributed by atoms with Gasteiger partial charge in [0.05, 0.1) is 12.4 Å². The maximum absolute atomic E-state index is 4.55. The van der Waals surface area contributed by atoms with Crippen molar-refractivity contribution in [3.05, 3.63) is 79.1 Å². The molecule has 0 aliphatic carbocycles. The Kier molecular flexibility index (Phi) is 3.69. The molecule has 0 bridgehead atoms. The summed E-state index contributed by atoms with van der Waals surface area (Å²) in [4.78, 5) is 17.5. The highest BCUT2D eigenvalue weighted by Gasteiger charge is 2.07. The first-order valence-corrected chi connectivity index (χ1v) is 7.49. The fourth-order valence-electron chi connectivity index (χ4n) is 2.35. The number of benzene rings is 1. The molecule has 0 fully saturated rings. The van der Waals surface area contributed by atoms with Gasteiger partial charge in [0.15, 0.2) is 17.3 Å². The first kappa shape index (κ1) is 14.1. The molecule has 0 atom stereocenters. The largest absolute Gasteiger partial charge is 0.345 e. The third kappa shape index (κ3) is 2.85. The van der Waals surface area contributed by atoms with Gasteiger partial charge in [-0.05, 0) is 23.8 Å². The summed E-state index contributed by atoms with van der Waals surface area (Å²) in [7, 11) is 0. The van der Waals surface area contributed by atoms with Gasteiger partial charge >= 0.3 is 0 Å². The van der Waals surface area contributed by atoms with Gasteiger partial charge < -0.3 is 5.32 Å². The summed E-state index contributed by atoms with van der Waals surface area (Å²) >= 11 is 0. The lowest BCUT2D eigenvalue weighted by Crippen LogP contribution is -2.01. The van der Waals surface area contributed by atoms with Crippen LogP contribution in [0.15, 0.2) is 73.6 Å². The number of fused-ring (bicyclic) bond motifs is 1. The predicted octanol–water partition coefficient (Wildman–Crippen LogP) is 3.29. The maximum atomic E-state index is 4.55. The Morgan fingerprint density at radius 1 is 0.958 bits per heavy atom. The minimum Gasteiger partial charge on any atom is -0.345 e. The Morgan fingerprint density at radius 2 is 1.88 bits per heavy atom. The molecule has 0 unspecified atom stereocenters. The van der Waals surface area contributed by atoms with Crippen LogP contribution in [-0.4, -0.2) is 24.5 Å². The molecule has 1 N–H and O–H groups in total. The van der Waals surface area contributed by atoms with Gasteiger partial charge in [0, 0.05) is 12.4 Å². The fraction of sp³-hybridized carbons (Fsp3) is 0. The molecule has 0 amide bonds. The summed E-state index contributed by atoms with van der Waals surface area (Å²) in [6.07, 6.45) is 10.6. The molecular weight excluding hydrogens is 300 g/mol. The van der Waals surface area contributed by atoms with Crippen molar-refractivity contribution in [2.45, 2.75) is 0 Å². The number of imidazole rings is 1. The highest BCUT2D eigenvalue weighted by Crippen LogP contribution is 2.14. The molecule has 3 aromatic heterocycles. The molecule has 4 aromatic rings. The third-order valence-corrected chi connectivity index (χ3v) is 3.48. The minimum absolute atomic E-state index is 0.650. The lowest BCUT2D eigenvalue weighted by atomic mass is 10.2. The molecule has 0 radical (unpaired) electrons. The Balaban J connectivity index is 1.59. The van der Waals surface area contributed by atoms with Crippen molar-refractivity contribution in [1.29, 1.82) is 0 Å². The summed E-state index contributed by atoms with van der Waals surface area (Å²) in [5.74, 6) is 1.31. The van der Waals surface area contributed by atoms with E-state index in [1.807, 2.05) is 59.3 Å². The number of hydrogen-bond acceptors (Lipinski definition) is 5. The third-order valence-electron chi connectivity index (χ3n) is 3.48. The van der Waals surface area contributed by atoms with Gasteiger partial charge in [0.2, 0.25) is 0 Å². The fourth-order valence-corrected chi connectivity index (χ4v) is 2.35. The number of pyridine rings is 1. The van der Waals surface area contributed by atoms with Crippen LogP contribution in [0.25, 0.3) is 23.1 Å². The molecule has 116 valence electrons. The molecule has 3 heterocycles. The molecule has 6 nitrogen and oxygen atoms in total. The standard InChI is InChI=1S/C18H14N6/c1-2-5-14(6-3-1)8-10-20-16-11-19-12-17(23-16)24-13-22-15-7-4-9-21-18(15)24/h1-13H,(H,20,23). The van der Waals surface area contributed by atoms with Gasteiger partial charge in [0.1, 0.15) is 11.8 Å². The lowest BCUT2D eigenvalue weighted by Gasteiger charge is -2.04. The van der Waals surface area contributed by atoms with Gasteiger partial charge in [-0.3, -0.25) is 9.55 Å². The van der Waals surface area contributed by atoms with Crippen LogP contribution in [0.2, 0.25) is 0 Å². The molecule has 0 spiro atoms. The van der Waals surface area contributed by atoms with Crippen LogP contribution in [0.3, 0.4) is 0 Å². The van der Waals surface area contributed by atoms with E-state index in [0.717, 1.165) is 16.7 Å². The van der Waals surface area contributed by atoms with E-state index in [2.05, 4.69) is 25.3 Å². The lowest BCUT2D eigenvalue weighted by molar-refractivity contribution is 0.985. The van der Waals surface area contributed by atoms with Crippen molar-refractivity contribution < 1.29 is 0 Å². The number of anilines is 1. The van der Waals surface area contributed by atoms with Crippen molar-refractivity contribution in [3.8, 4) is 5.82 Å². The molecule has 6 heteroatoms. The monoisotopic (exact) mass is 314 g/mol. The minimum atomic E-state index is 0.650. The quantitative estimate of drug-likeness (QED) is 0.626. The van der Waals surface area contributed by atoms with Gasteiger partial charge in [-0.15, -0.1) is 0 Å². The Hall–Kier alpha value is -3.54. The number of nitrogens with zero attached hydrogens (tertiary/aromatic N) is 5. The molecule has 0 aliphatic heterocycles. The smallest absolute Gasteiger partial charge is 0.165 e. The van der Waals surface area contributed by atoms with E-state index in [-0.39, 0.29) is 0 Å². The predicted molar refractivity (Wildman–Crippen MR) is 93.6 cm³/mol. The average Bonchev–Trinajstić information content (AvgIpc) is 3.07. The van der Waals surface area contributed by atoms with Crippen molar-refractivity contribution in [1.82, 2.24) is 24.5 Å². The molecule has 4 rings (SSSR count). The molecule has 24 heavy (non-hydrogen) atoms. The van der Waals surface area contributed by atoms with E-state index in [0.29, 0.717) is 11.6 Å². The second-order valence-electron chi connectivity index (χ2n) is 5.11. The maximum Gasteiger partial charge on any atom is 0.165 e. The summed E-state index contributed by atoms with van der Waals surface area (Å²) in [5, 5.41) is 3.14. The summed E-state index contributed by atoms with van der Waals surface area (Å²) < 4.78 is 1.81. The van der Waals surface area contributed by atoms with Gasteiger partial charge in [-0.1, -0.05) is 30.3 Å². The van der Waals surface area contributed by atoms with Crippen molar-refractivity contribution in [2.75, 3.05) is 5.32 Å². The Bertz CT molecular complexity index is 991. The van der Waals surface area contributed by atoms with Crippen LogP contribution in [-0.2, 0) is 0 Å². The number of rotatable bonds is 4. The van der Waals surface area contributed by atoms with Crippen LogP contribution in [0, 0.1) is 0 Å². The van der Waals surface area contributed by atoms with E-state index in [1.165, 1.54) is 0 Å². The zero-order valence-corrected chi connectivity index (χ0v) is 12.7. The Morgan fingerprint density at radius 3 is 2.79 bits per heavy atom. The highest BCUT2D eigenvalue weighted by atomic mass is 15.2. The highest BCUT2D eigenvalue weighted by molar-refractivity contribution is 5.72. The molecular formula is C18H14N6. The SMILES string of the molecule is C(=Cc1ccccc1)Nc1cncc(-n2cnc3cccnc32)n1. The van der Waals surface area contributed by atoms with E-state index in [1.54, 1.807) is 24.9 Å². The van der Waals surface area contributed by atoms with Crippen molar-refractivity contribution in [3.63, 3.8) is 0 Å². The normalized spacial score (nSPS) is 11.2. The molecule has 0 saturated carbocycles.